The zero-order valence-electron chi connectivity index (χ0n) is 12.9. The van der Waals surface area contributed by atoms with Crippen LogP contribution in [0.2, 0.25) is 0 Å². The summed E-state index contributed by atoms with van der Waals surface area (Å²) in [7, 11) is 0. The molecule has 0 bridgehead atoms. The number of hydrogen-bond acceptors (Lipinski definition) is 7. The van der Waals surface area contributed by atoms with E-state index in [1.807, 2.05) is 35.0 Å². The fraction of sp³-hybridized carbons (Fsp3) is 0.375. The first kappa shape index (κ1) is 13.7. The summed E-state index contributed by atoms with van der Waals surface area (Å²) in [6.07, 6.45) is 2.81. The Hall–Kier alpha value is -2.74. The van der Waals surface area contributed by atoms with Gasteiger partial charge in [-0.05, 0) is 6.42 Å². The highest BCUT2D eigenvalue weighted by Crippen LogP contribution is 2.32. The van der Waals surface area contributed by atoms with Crippen LogP contribution in [0.3, 0.4) is 0 Å². The highest BCUT2D eigenvalue weighted by Gasteiger charge is 2.37. The predicted octanol–water partition coefficient (Wildman–Crippen LogP) is 1.68. The molecule has 0 N–H and O–H groups in total. The maximum absolute atomic E-state index is 5.93. The van der Waals surface area contributed by atoms with Crippen LogP contribution < -0.4 is 4.90 Å². The SMILES string of the molecule is c1ccc(-c2noc(N3CCC4OCc5cnnn5C4C3)n2)cc1. The number of aromatic nitrogens is 5. The monoisotopic (exact) mass is 324 g/mol. The first-order chi connectivity index (χ1) is 11.9. The molecule has 2 aromatic heterocycles. The molecule has 8 nitrogen and oxygen atoms in total. The fourth-order valence-electron chi connectivity index (χ4n) is 3.40. The Kier molecular flexibility index (Phi) is 3.08. The highest BCUT2D eigenvalue weighted by atomic mass is 16.5. The van der Waals surface area contributed by atoms with Crippen molar-refractivity contribution in [2.45, 2.75) is 25.2 Å². The lowest BCUT2D eigenvalue weighted by Gasteiger charge is -2.40. The first-order valence-corrected chi connectivity index (χ1v) is 8.03. The zero-order chi connectivity index (χ0) is 15.9. The van der Waals surface area contributed by atoms with Crippen LogP contribution in [0.5, 0.6) is 0 Å². The second-order valence-corrected chi connectivity index (χ2v) is 6.09. The third kappa shape index (κ3) is 2.18. The van der Waals surface area contributed by atoms with Gasteiger partial charge in [-0.1, -0.05) is 40.7 Å². The van der Waals surface area contributed by atoms with Crippen LogP contribution >= 0.6 is 0 Å². The summed E-state index contributed by atoms with van der Waals surface area (Å²) in [6.45, 7) is 2.12. The summed E-state index contributed by atoms with van der Waals surface area (Å²) in [5.41, 5.74) is 1.95. The first-order valence-electron chi connectivity index (χ1n) is 8.03. The summed E-state index contributed by atoms with van der Waals surface area (Å²) in [4.78, 5) is 6.65. The van der Waals surface area contributed by atoms with Crippen molar-refractivity contribution in [3.05, 3.63) is 42.2 Å². The van der Waals surface area contributed by atoms with Crippen LogP contribution in [-0.2, 0) is 11.3 Å². The van der Waals surface area contributed by atoms with Gasteiger partial charge in [0.1, 0.15) is 0 Å². The molecule has 1 fully saturated rings. The molecule has 0 spiro atoms. The fourth-order valence-corrected chi connectivity index (χ4v) is 3.40. The second-order valence-electron chi connectivity index (χ2n) is 6.09. The minimum absolute atomic E-state index is 0.122. The van der Waals surface area contributed by atoms with E-state index in [0.29, 0.717) is 18.4 Å². The van der Waals surface area contributed by atoms with E-state index in [2.05, 4.69) is 25.4 Å². The van der Waals surface area contributed by atoms with Crippen molar-refractivity contribution < 1.29 is 9.26 Å². The average Bonchev–Trinajstić information content (AvgIpc) is 3.31. The Morgan fingerprint density at radius 1 is 1.17 bits per heavy atom. The average molecular weight is 324 g/mol. The lowest BCUT2D eigenvalue weighted by Crippen LogP contribution is -2.48. The van der Waals surface area contributed by atoms with Crippen LogP contribution in [0.1, 0.15) is 18.2 Å². The quantitative estimate of drug-likeness (QED) is 0.709. The molecule has 0 aliphatic carbocycles. The molecule has 2 unspecified atom stereocenters. The maximum atomic E-state index is 5.93. The molecule has 0 amide bonds. The summed E-state index contributed by atoms with van der Waals surface area (Å²) in [5, 5.41) is 12.3. The molecule has 2 aliphatic rings. The van der Waals surface area contributed by atoms with E-state index < -0.39 is 0 Å². The Morgan fingerprint density at radius 3 is 3.00 bits per heavy atom. The number of anilines is 1. The smallest absolute Gasteiger partial charge is 0.324 e. The standard InChI is InChI=1S/C16H16N6O2/c1-2-4-11(5-3-1)15-18-16(24-19-15)21-7-6-14-13(9-21)22-12(10-23-14)8-17-20-22/h1-5,8,13-14H,6-7,9-10H2. The Morgan fingerprint density at radius 2 is 2.08 bits per heavy atom. The number of piperidine rings is 1. The molecule has 2 aliphatic heterocycles. The number of benzene rings is 1. The third-order valence-electron chi connectivity index (χ3n) is 4.65. The van der Waals surface area contributed by atoms with Gasteiger partial charge in [-0.2, -0.15) is 4.98 Å². The lowest BCUT2D eigenvalue weighted by atomic mass is 10.0. The summed E-state index contributed by atoms with van der Waals surface area (Å²) < 4.78 is 13.4. The lowest BCUT2D eigenvalue weighted by molar-refractivity contribution is -0.0378. The van der Waals surface area contributed by atoms with Crippen molar-refractivity contribution in [3.63, 3.8) is 0 Å². The van der Waals surface area contributed by atoms with E-state index in [4.69, 9.17) is 9.26 Å². The van der Waals surface area contributed by atoms with E-state index in [9.17, 15) is 0 Å². The highest BCUT2D eigenvalue weighted by molar-refractivity contribution is 5.55. The third-order valence-corrected chi connectivity index (χ3v) is 4.65. The van der Waals surface area contributed by atoms with Gasteiger partial charge >= 0.3 is 6.01 Å². The van der Waals surface area contributed by atoms with E-state index in [-0.39, 0.29) is 12.1 Å². The molecule has 1 saturated heterocycles. The predicted molar refractivity (Wildman–Crippen MR) is 84.2 cm³/mol. The molecular formula is C16H16N6O2. The molecule has 0 saturated carbocycles. The second kappa shape index (κ2) is 5.41. The van der Waals surface area contributed by atoms with Gasteiger partial charge in [-0.15, -0.1) is 5.10 Å². The largest absolute Gasteiger partial charge is 0.370 e. The van der Waals surface area contributed by atoms with Crippen LogP contribution in [-0.4, -0.2) is 44.3 Å². The van der Waals surface area contributed by atoms with Gasteiger partial charge < -0.3 is 14.2 Å². The van der Waals surface area contributed by atoms with Crippen LogP contribution in [0, 0.1) is 0 Å². The zero-order valence-corrected chi connectivity index (χ0v) is 12.9. The van der Waals surface area contributed by atoms with Gasteiger partial charge in [0.2, 0.25) is 5.82 Å². The molecule has 3 aromatic rings. The minimum Gasteiger partial charge on any atom is -0.370 e. The van der Waals surface area contributed by atoms with Crippen molar-refractivity contribution in [3.8, 4) is 11.4 Å². The van der Waals surface area contributed by atoms with Crippen LogP contribution in [0.15, 0.2) is 41.1 Å². The van der Waals surface area contributed by atoms with Crippen LogP contribution in [0.25, 0.3) is 11.4 Å². The molecule has 4 heterocycles. The summed E-state index contributed by atoms with van der Waals surface area (Å²) in [5.74, 6) is 0.606. The van der Waals surface area contributed by atoms with Gasteiger partial charge in [-0.3, -0.25) is 0 Å². The van der Waals surface area contributed by atoms with Crippen molar-refractivity contribution in [2.75, 3.05) is 18.0 Å². The molecular weight excluding hydrogens is 308 g/mol. The molecule has 24 heavy (non-hydrogen) atoms. The Bertz CT molecular complexity index is 845. The van der Waals surface area contributed by atoms with Gasteiger partial charge in [0.25, 0.3) is 0 Å². The number of ether oxygens (including phenoxy) is 1. The summed E-state index contributed by atoms with van der Waals surface area (Å²) in [6, 6.07) is 10.5. The van der Waals surface area contributed by atoms with Crippen LogP contribution in [0.4, 0.5) is 6.01 Å². The van der Waals surface area contributed by atoms with E-state index in [1.54, 1.807) is 6.20 Å². The normalized spacial score (nSPS) is 22.9. The van der Waals surface area contributed by atoms with Gasteiger partial charge in [0.05, 0.1) is 30.6 Å². The molecule has 2 atom stereocenters. The maximum Gasteiger partial charge on any atom is 0.324 e. The molecule has 5 rings (SSSR count). The van der Waals surface area contributed by atoms with E-state index in [0.717, 1.165) is 30.8 Å². The Labute approximate surface area is 138 Å². The van der Waals surface area contributed by atoms with Crippen molar-refractivity contribution in [1.29, 1.82) is 0 Å². The van der Waals surface area contributed by atoms with Crippen molar-refractivity contribution in [2.24, 2.45) is 0 Å². The number of fused-ring (bicyclic) bond motifs is 3. The Balaban J connectivity index is 1.41. The molecule has 0 radical (unpaired) electrons. The summed E-state index contributed by atoms with van der Waals surface area (Å²) >= 11 is 0. The molecule has 122 valence electrons. The topological polar surface area (TPSA) is 82.1 Å². The van der Waals surface area contributed by atoms with Gasteiger partial charge in [0, 0.05) is 18.7 Å². The number of nitrogens with zero attached hydrogens (tertiary/aromatic N) is 6. The van der Waals surface area contributed by atoms with Gasteiger partial charge in [-0.25, -0.2) is 4.68 Å². The molecule has 1 aromatic carbocycles. The number of hydrogen-bond donors (Lipinski definition) is 0. The number of rotatable bonds is 2. The van der Waals surface area contributed by atoms with E-state index in [1.165, 1.54) is 0 Å². The minimum atomic E-state index is 0.122. The van der Waals surface area contributed by atoms with E-state index >= 15 is 0 Å². The molecule has 8 heteroatoms. The van der Waals surface area contributed by atoms with Crippen molar-refractivity contribution in [1.82, 2.24) is 25.1 Å². The van der Waals surface area contributed by atoms with Gasteiger partial charge in [0.15, 0.2) is 0 Å². The van der Waals surface area contributed by atoms with Crippen molar-refractivity contribution >= 4 is 6.01 Å².